The SMILES string of the molecule is CN1CCN(C(=O)Oc2cc3c(c4ccccc24)[C@H](CCl)CN3C(=O)C2Cc3cc(N)ccc3N2)CC1. The van der Waals surface area contributed by atoms with E-state index in [2.05, 4.69) is 10.2 Å². The van der Waals surface area contributed by atoms with Gasteiger partial charge < -0.3 is 30.5 Å². The summed E-state index contributed by atoms with van der Waals surface area (Å²) in [5.74, 6) is 0.792. The number of carbonyl (C=O) groups is 2. The molecule has 0 radical (unpaired) electrons. The summed E-state index contributed by atoms with van der Waals surface area (Å²) in [6.07, 6.45) is 0.198. The normalized spacial score (nSPS) is 21.0. The van der Waals surface area contributed by atoms with Crippen LogP contribution < -0.4 is 20.7 Å². The molecule has 37 heavy (non-hydrogen) atoms. The Morgan fingerprint density at radius 1 is 1.08 bits per heavy atom. The number of piperazine rings is 1. The van der Waals surface area contributed by atoms with Crippen LogP contribution >= 0.6 is 11.6 Å². The molecule has 3 aliphatic rings. The Morgan fingerprint density at radius 3 is 2.59 bits per heavy atom. The fourth-order valence-electron chi connectivity index (χ4n) is 5.70. The number of hydrogen-bond acceptors (Lipinski definition) is 6. The average molecular weight is 520 g/mol. The molecule has 8 nitrogen and oxygen atoms in total. The summed E-state index contributed by atoms with van der Waals surface area (Å²) in [4.78, 5) is 32.6. The van der Waals surface area contributed by atoms with E-state index in [-0.39, 0.29) is 17.9 Å². The molecule has 192 valence electrons. The van der Waals surface area contributed by atoms with Crippen LogP contribution in [-0.4, -0.2) is 73.5 Å². The van der Waals surface area contributed by atoms with Crippen molar-refractivity contribution >= 4 is 51.4 Å². The predicted octanol–water partition coefficient (Wildman–Crippen LogP) is 3.87. The zero-order valence-corrected chi connectivity index (χ0v) is 21.5. The number of halogens is 1. The summed E-state index contributed by atoms with van der Waals surface area (Å²) in [6, 6.07) is 15.0. The van der Waals surface area contributed by atoms with Crippen molar-refractivity contribution in [3.63, 3.8) is 0 Å². The van der Waals surface area contributed by atoms with Crippen LogP contribution in [0.5, 0.6) is 5.75 Å². The highest BCUT2D eigenvalue weighted by Gasteiger charge is 2.39. The van der Waals surface area contributed by atoms with Gasteiger partial charge in [-0.05, 0) is 41.8 Å². The average Bonchev–Trinajstić information content (AvgIpc) is 3.50. The number of carbonyl (C=O) groups excluding carboxylic acids is 2. The Balaban J connectivity index is 1.35. The van der Waals surface area contributed by atoms with Gasteiger partial charge >= 0.3 is 6.09 Å². The second kappa shape index (κ2) is 9.43. The van der Waals surface area contributed by atoms with Crippen LogP contribution in [-0.2, 0) is 11.2 Å². The number of likely N-dealkylation sites (N-methyl/N-ethyl adjacent to an activating group) is 1. The smallest absolute Gasteiger partial charge is 0.409 e. The van der Waals surface area contributed by atoms with Gasteiger partial charge in [0.25, 0.3) is 0 Å². The lowest BCUT2D eigenvalue weighted by molar-refractivity contribution is -0.119. The monoisotopic (exact) mass is 519 g/mol. The molecule has 2 atom stereocenters. The lowest BCUT2D eigenvalue weighted by atomic mass is 9.95. The number of ether oxygens (including phenoxy) is 1. The molecule has 3 N–H and O–H groups in total. The molecule has 3 aliphatic heterocycles. The maximum absolute atomic E-state index is 13.8. The molecular weight excluding hydrogens is 490 g/mol. The van der Waals surface area contributed by atoms with Gasteiger partial charge in [0.15, 0.2) is 0 Å². The van der Waals surface area contributed by atoms with Crippen LogP contribution in [0.25, 0.3) is 10.8 Å². The number of amides is 2. The molecule has 6 rings (SSSR count). The minimum absolute atomic E-state index is 0.0210. The number of fused-ring (bicyclic) bond motifs is 4. The van der Waals surface area contributed by atoms with E-state index in [9.17, 15) is 9.59 Å². The Hall–Kier alpha value is -3.49. The fourth-order valence-corrected chi connectivity index (χ4v) is 5.95. The molecule has 0 bridgehead atoms. The summed E-state index contributed by atoms with van der Waals surface area (Å²) < 4.78 is 5.98. The van der Waals surface area contributed by atoms with E-state index in [0.717, 1.165) is 46.4 Å². The summed E-state index contributed by atoms with van der Waals surface area (Å²) in [6.45, 7) is 3.34. The standard InChI is InChI=1S/C28H30ClN5O3/c1-32-8-10-33(11-9-32)28(36)37-25-14-24-26(21-5-3-2-4-20(21)25)18(15-29)16-34(24)27(35)23-13-17-12-19(30)6-7-22(17)31-23/h2-7,12,14,18,23,31H,8-11,13,15-16,30H2,1H3/t18-,23?/m1/s1. The number of nitrogens with two attached hydrogens (primary N) is 1. The van der Waals surface area contributed by atoms with Gasteiger partial charge in [-0.1, -0.05) is 24.3 Å². The van der Waals surface area contributed by atoms with Gasteiger partial charge in [-0.2, -0.15) is 0 Å². The van der Waals surface area contributed by atoms with Gasteiger partial charge in [0, 0.05) is 73.8 Å². The highest BCUT2D eigenvalue weighted by atomic mass is 35.5. The first kappa shape index (κ1) is 23.9. The highest BCUT2D eigenvalue weighted by molar-refractivity contribution is 6.19. The van der Waals surface area contributed by atoms with Gasteiger partial charge in [-0.15, -0.1) is 11.6 Å². The first-order valence-electron chi connectivity index (χ1n) is 12.7. The molecule has 0 saturated carbocycles. The van der Waals surface area contributed by atoms with Crippen LogP contribution in [0.3, 0.4) is 0 Å². The molecule has 3 aromatic carbocycles. The highest BCUT2D eigenvalue weighted by Crippen LogP contribution is 2.46. The lowest BCUT2D eigenvalue weighted by Gasteiger charge is -2.31. The van der Waals surface area contributed by atoms with Gasteiger partial charge in [-0.3, -0.25) is 4.79 Å². The third-order valence-corrected chi connectivity index (χ3v) is 8.09. The molecule has 0 aromatic heterocycles. The van der Waals surface area contributed by atoms with Gasteiger partial charge in [0.2, 0.25) is 5.91 Å². The first-order valence-corrected chi connectivity index (χ1v) is 13.2. The van der Waals surface area contributed by atoms with Crippen LogP contribution in [0.4, 0.5) is 21.9 Å². The van der Waals surface area contributed by atoms with E-state index in [1.54, 1.807) is 9.80 Å². The zero-order chi connectivity index (χ0) is 25.7. The van der Waals surface area contributed by atoms with E-state index < -0.39 is 6.04 Å². The predicted molar refractivity (Wildman–Crippen MR) is 147 cm³/mol. The fraction of sp³-hybridized carbons (Fsp3) is 0.357. The second-order valence-corrected chi connectivity index (χ2v) is 10.4. The molecule has 1 saturated heterocycles. The van der Waals surface area contributed by atoms with E-state index in [4.69, 9.17) is 22.1 Å². The number of benzene rings is 3. The number of nitrogens with one attached hydrogen (secondary N) is 1. The molecule has 0 aliphatic carbocycles. The van der Waals surface area contributed by atoms with E-state index in [1.807, 2.05) is 55.6 Å². The van der Waals surface area contributed by atoms with Crippen molar-refractivity contribution in [2.75, 3.05) is 61.6 Å². The largest absolute Gasteiger partial charge is 0.415 e. The Bertz CT molecular complexity index is 1390. The van der Waals surface area contributed by atoms with Crippen LogP contribution in [0.2, 0.25) is 0 Å². The number of anilines is 3. The van der Waals surface area contributed by atoms with Gasteiger partial charge in [0.1, 0.15) is 11.8 Å². The summed E-state index contributed by atoms with van der Waals surface area (Å²) >= 11 is 6.43. The first-order chi connectivity index (χ1) is 17.9. The van der Waals surface area contributed by atoms with Crippen molar-refractivity contribution in [2.45, 2.75) is 18.4 Å². The number of hydrogen-bond donors (Lipinski definition) is 2. The van der Waals surface area contributed by atoms with Crippen molar-refractivity contribution < 1.29 is 14.3 Å². The van der Waals surface area contributed by atoms with Crippen LogP contribution in [0.15, 0.2) is 48.5 Å². The van der Waals surface area contributed by atoms with Gasteiger partial charge in [0.05, 0.1) is 5.69 Å². The quantitative estimate of drug-likeness (QED) is 0.403. The van der Waals surface area contributed by atoms with E-state index in [1.165, 1.54) is 0 Å². The number of nitrogens with zero attached hydrogens (tertiary/aromatic N) is 3. The maximum Gasteiger partial charge on any atom is 0.415 e. The third-order valence-electron chi connectivity index (χ3n) is 7.72. The molecule has 1 unspecified atom stereocenters. The Kier molecular flexibility index (Phi) is 6.09. The van der Waals surface area contributed by atoms with Crippen molar-refractivity contribution in [3.8, 4) is 5.75 Å². The topological polar surface area (TPSA) is 91.1 Å². The number of rotatable bonds is 3. The van der Waals surface area contributed by atoms with Crippen LogP contribution in [0.1, 0.15) is 17.0 Å². The zero-order valence-electron chi connectivity index (χ0n) is 20.7. The summed E-state index contributed by atoms with van der Waals surface area (Å²) in [5, 5.41) is 5.16. The summed E-state index contributed by atoms with van der Waals surface area (Å²) in [5.41, 5.74) is 10.4. The number of nitrogen functional groups attached to an aromatic ring is 1. The molecule has 2 amide bonds. The van der Waals surface area contributed by atoms with Crippen molar-refractivity contribution in [2.24, 2.45) is 0 Å². The maximum atomic E-state index is 13.8. The Labute approximate surface area is 220 Å². The van der Waals surface area contributed by atoms with Crippen molar-refractivity contribution in [1.29, 1.82) is 0 Å². The Morgan fingerprint density at radius 2 is 1.84 bits per heavy atom. The molecule has 3 heterocycles. The minimum atomic E-state index is -0.401. The van der Waals surface area contributed by atoms with Crippen molar-refractivity contribution in [3.05, 3.63) is 59.7 Å². The lowest BCUT2D eigenvalue weighted by Crippen LogP contribution is -2.48. The van der Waals surface area contributed by atoms with Crippen molar-refractivity contribution in [1.82, 2.24) is 9.80 Å². The second-order valence-electron chi connectivity index (χ2n) is 10.1. The van der Waals surface area contributed by atoms with Gasteiger partial charge in [-0.25, -0.2) is 4.79 Å². The summed E-state index contributed by atoms with van der Waals surface area (Å²) in [7, 11) is 2.04. The third kappa shape index (κ3) is 4.24. The number of alkyl halides is 1. The van der Waals surface area contributed by atoms with Crippen LogP contribution in [0, 0.1) is 0 Å². The molecule has 3 aromatic rings. The van der Waals surface area contributed by atoms with E-state index in [0.29, 0.717) is 43.4 Å². The molecular formula is C28H30ClN5O3. The molecule has 9 heteroatoms. The minimum Gasteiger partial charge on any atom is -0.409 e. The molecule has 1 fully saturated rings. The van der Waals surface area contributed by atoms with E-state index >= 15 is 0 Å². The molecule has 0 spiro atoms.